The molecule has 34 heavy (non-hydrogen) atoms. The van der Waals surface area contributed by atoms with E-state index >= 15 is 0 Å². The van der Waals surface area contributed by atoms with Gasteiger partial charge >= 0.3 is 0 Å². The fraction of sp³-hybridized carbons (Fsp3) is 1.00. The fourth-order valence-corrected chi connectivity index (χ4v) is 4.85. The number of hydrogen-bond acceptors (Lipinski definition) is 4. The van der Waals surface area contributed by atoms with Crippen molar-refractivity contribution in [1.82, 2.24) is 0 Å². The van der Waals surface area contributed by atoms with Gasteiger partial charge in [-0.05, 0) is 51.9 Å². The average molecular weight is 487 g/mol. The van der Waals surface area contributed by atoms with Gasteiger partial charge in [0.25, 0.3) is 5.97 Å². The van der Waals surface area contributed by atoms with E-state index in [9.17, 15) is 0 Å². The highest BCUT2D eigenvalue weighted by Crippen LogP contribution is 2.49. The molecule has 0 heterocycles. The van der Waals surface area contributed by atoms with Crippen LogP contribution < -0.4 is 0 Å². The summed E-state index contributed by atoms with van der Waals surface area (Å²) in [5.41, 5.74) is -0.140. The van der Waals surface area contributed by atoms with Crippen molar-refractivity contribution < 1.29 is 18.9 Å². The van der Waals surface area contributed by atoms with Crippen LogP contribution in [0.1, 0.15) is 151 Å². The molecule has 0 saturated carbocycles. The summed E-state index contributed by atoms with van der Waals surface area (Å²) in [6.07, 6.45) is 19.6. The smallest absolute Gasteiger partial charge is 0.288 e. The lowest BCUT2D eigenvalue weighted by molar-refractivity contribution is -0.435. The Hall–Kier alpha value is -0.160. The van der Waals surface area contributed by atoms with Gasteiger partial charge in [-0.3, -0.25) is 0 Å². The summed E-state index contributed by atoms with van der Waals surface area (Å²) in [7, 11) is 0. The lowest BCUT2D eigenvalue weighted by atomic mass is 9.72. The van der Waals surface area contributed by atoms with E-state index < -0.39 is 5.97 Å². The summed E-state index contributed by atoms with van der Waals surface area (Å²) in [5.74, 6) is -0.946. The largest absolute Gasteiger partial charge is 0.382 e. The molecule has 0 saturated heterocycles. The highest BCUT2D eigenvalue weighted by Gasteiger charge is 2.54. The zero-order valence-electron chi connectivity index (χ0n) is 24.2. The SMILES string of the molecule is CCCCCCCCC(CCC)(CCCOCC)C(OCCCC)(OCCCC)OCCCC. The first-order valence-electron chi connectivity index (χ1n) is 15.1. The summed E-state index contributed by atoms with van der Waals surface area (Å²) in [5, 5.41) is 0. The summed E-state index contributed by atoms with van der Waals surface area (Å²) < 4.78 is 26.0. The van der Waals surface area contributed by atoms with E-state index in [0.29, 0.717) is 19.8 Å². The van der Waals surface area contributed by atoms with Gasteiger partial charge in [0.2, 0.25) is 0 Å². The van der Waals surface area contributed by atoms with E-state index in [1.165, 1.54) is 38.5 Å². The normalized spacial score (nSPS) is 13.9. The second kappa shape index (κ2) is 23.3. The average Bonchev–Trinajstić information content (AvgIpc) is 2.84. The molecule has 0 aliphatic heterocycles. The van der Waals surface area contributed by atoms with Crippen LogP contribution in [-0.2, 0) is 18.9 Å². The van der Waals surface area contributed by atoms with Crippen molar-refractivity contribution >= 4 is 0 Å². The zero-order chi connectivity index (χ0) is 25.4. The molecule has 0 bridgehead atoms. The Balaban J connectivity index is 5.96. The Kier molecular flexibility index (Phi) is 23.1. The predicted octanol–water partition coefficient (Wildman–Crippen LogP) is 9.44. The first-order valence-corrected chi connectivity index (χ1v) is 15.1. The molecule has 0 aromatic heterocycles. The Morgan fingerprint density at radius 2 is 0.882 bits per heavy atom. The third-order valence-electron chi connectivity index (χ3n) is 6.91. The molecule has 0 aromatic rings. The molecule has 0 aliphatic carbocycles. The molecular weight excluding hydrogens is 424 g/mol. The van der Waals surface area contributed by atoms with E-state index in [4.69, 9.17) is 18.9 Å². The van der Waals surface area contributed by atoms with E-state index in [2.05, 4.69) is 41.5 Å². The lowest BCUT2D eigenvalue weighted by Crippen LogP contribution is -2.55. The van der Waals surface area contributed by atoms with Crippen LogP contribution in [0.5, 0.6) is 0 Å². The minimum absolute atomic E-state index is 0.140. The van der Waals surface area contributed by atoms with Crippen LogP contribution in [0.25, 0.3) is 0 Å². The highest BCUT2D eigenvalue weighted by atomic mass is 16.9. The molecule has 0 aliphatic rings. The van der Waals surface area contributed by atoms with Crippen molar-refractivity contribution in [3.63, 3.8) is 0 Å². The molecule has 0 fully saturated rings. The van der Waals surface area contributed by atoms with Gasteiger partial charge < -0.3 is 18.9 Å². The third kappa shape index (κ3) is 13.8. The van der Waals surface area contributed by atoms with Crippen molar-refractivity contribution in [2.75, 3.05) is 33.0 Å². The third-order valence-corrected chi connectivity index (χ3v) is 6.91. The van der Waals surface area contributed by atoms with Gasteiger partial charge in [0, 0.05) is 13.2 Å². The van der Waals surface area contributed by atoms with Crippen LogP contribution in [0.3, 0.4) is 0 Å². The van der Waals surface area contributed by atoms with Crippen molar-refractivity contribution in [3.05, 3.63) is 0 Å². The van der Waals surface area contributed by atoms with E-state index in [-0.39, 0.29) is 5.41 Å². The van der Waals surface area contributed by atoms with Crippen molar-refractivity contribution in [2.24, 2.45) is 5.41 Å². The standard InChI is InChI=1S/C30H62O4/c1-7-13-17-18-19-20-23-29(22-11-5,24-21-25-31-12-6)30(32-26-14-8-2,33-27-15-9-3)34-28-16-10-4/h7-28H2,1-6H3. The van der Waals surface area contributed by atoms with Crippen LogP contribution in [0.2, 0.25) is 0 Å². The molecule has 206 valence electrons. The molecule has 0 amide bonds. The fourth-order valence-electron chi connectivity index (χ4n) is 4.85. The highest BCUT2D eigenvalue weighted by molar-refractivity contribution is 4.90. The van der Waals surface area contributed by atoms with Gasteiger partial charge in [0.1, 0.15) is 0 Å². The van der Waals surface area contributed by atoms with Gasteiger partial charge in [-0.2, -0.15) is 0 Å². The quantitative estimate of drug-likeness (QED) is 0.0855. The molecule has 0 rings (SSSR count). The molecule has 4 heteroatoms. The van der Waals surface area contributed by atoms with Crippen molar-refractivity contribution in [1.29, 1.82) is 0 Å². The molecule has 0 N–H and O–H groups in total. The maximum atomic E-state index is 6.75. The molecule has 0 spiro atoms. The topological polar surface area (TPSA) is 36.9 Å². The summed E-state index contributed by atoms with van der Waals surface area (Å²) in [6.45, 7) is 17.0. The van der Waals surface area contributed by atoms with E-state index in [1.807, 2.05) is 0 Å². The Morgan fingerprint density at radius 3 is 1.35 bits per heavy atom. The van der Waals surface area contributed by atoms with Gasteiger partial charge in [-0.15, -0.1) is 0 Å². The predicted molar refractivity (Wildman–Crippen MR) is 146 cm³/mol. The summed E-state index contributed by atoms with van der Waals surface area (Å²) in [6, 6.07) is 0. The first kappa shape index (κ1) is 33.8. The van der Waals surface area contributed by atoms with Gasteiger partial charge in [0.15, 0.2) is 0 Å². The minimum atomic E-state index is -0.946. The molecule has 1 unspecified atom stereocenters. The van der Waals surface area contributed by atoms with Crippen LogP contribution in [0.4, 0.5) is 0 Å². The van der Waals surface area contributed by atoms with Gasteiger partial charge in [-0.25, -0.2) is 0 Å². The molecule has 4 nitrogen and oxygen atoms in total. The monoisotopic (exact) mass is 486 g/mol. The Morgan fingerprint density at radius 1 is 0.412 bits per heavy atom. The number of unbranched alkanes of at least 4 members (excludes halogenated alkanes) is 8. The van der Waals surface area contributed by atoms with Crippen molar-refractivity contribution in [2.45, 2.75) is 157 Å². The second-order valence-corrected chi connectivity index (χ2v) is 10.0. The second-order valence-electron chi connectivity index (χ2n) is 10.0. The molecule has 0 radical (unpaired) electrons. The Labute approximate surface area is 214 Å². The van der Waals surface area contributed by atoms with Crippen LogP contribution in [0, 0.1) is 5.41 Å². The number of rotatable bonds is 27. The zero-order valence-corrected chi connectivity index (χ0v) is 24.2. The number of ether oxygens (including phenoxy) is 4. The molecule has 0 aromatic carbocycles. The van der Waals surface area contributed by atoms with Crippen LogP contribution >= 0.6 is 0 Å². The van der Waals surface area contributed by atoms with Crippen molar-refractivity contribution in [3.8, 4) is 0 Å². The maximum Gasteiger partial charge on any atom is 0.288 e. The first-order chi connectivity index (χ1) is 16.6. The molecular formula is C30H62O4. The molecule has 1 atom stereocenters. The van der Waals surface area contributed by atoms with E-state index in [0.717, 1.165) is 83.8 Å². The minimum Gasteiger partial charge on any atom is -0.382 e. The maximum absolute atomic E-state index is 6.75. The van der Waals surface area contributed by atoms with Gasteiger partial charge in [0.05, 0.1) is 25.2 Å². The summed E-state index contributed by atoms with van der Waals surface area (Å²) >= 11 is 0. The lowest BCUT2D eigenvalue weighted by Gasteiger charge is -2.49. The van der Waals surface area contributed by atoms with Crippen LogP contribution in [0.15, 0.2) is 0 Å². The van der Waals surface area contributed by atoms with E-state index in [1.54, 1.807) is 0 Å². The van der Waals surface area contributed by atoms with Gasteiger partial charge in [-0.1, -0.05) is 98.8 Å². The number of hydrogen-bond donors (Lipinski definition) is 0. The van der Waals surface area contributed by atoms with Crippen LogP contribution in [-0.4, -0.2) is 39.0 Å². The summed E-state index contributed by atoms with van der Waals surface area (Å²) in [4.78, 5) is 0. The Bertz CT molecular complexity index is 388.